The average Bonchev–Trinajstić information content (AvgIpc) is 2.62. The Hall–Kier alpha value is -2.77. The van der Waals surface area contributed by atoms with Crippen LogP contribution in [0, 0.1) is 5.41 Å². The van der Waals surface area contributed by atoms with Gasteiger partial charge in [-0.2, -0.15) is 0 Å². The fraction of sp³-hybridized carbons (Fsp3) is 0.500. The van der Waals surface area contributed by atoms with Crippen molar-refractivity contribution in [1.29, 1.82) is 0 Å². The number of carboxylic acid groups (broad SMARTS) is 2. The third-order valence-corrected chi connectivity index (χ3v) is 4.56. The van der Waals surface area contributed by atoms with Gasteiger partial charge in [0.15, 0.2) is 0 Å². The summed E-state index contributed by atoms with van der Waals surface area (Å²) in [7, 11) is 3.03. The number of aliphatic carboxylic acids is 2. The van der Waals surface area contributed by atoms with Gasteiger partial charge in [0, 0.05) is 6.07 Å². The number of hydrogen-bond acceptors (Lipinski definition) is 5. The average molecular weight is 367 g/mol. The fourth-order valence-corrected chi connectivity index (χ4v) is 2.77. The Bertz CT molecular complexity index is 631. The summed E-state index contributed by atoms with van der Waals surface area (Å²) < 4.78 is 10.5. The summed E-state index contributed by atoms with van der Waals surface area (Å²) in [5.41, 5.74) is -0.192. The van der Waals surface area contributed by atoms with Gasteiger partial charge in [-0.1, -0.05) is 13.8 Å². The fourth-order valence-electron chi connectivity index (χ4n) is 2.77. The van der Waals surface area contributed by atoms with Gasteiger partial charge in [0.05, 0.1) is 19.6 Å². The molecule has 8 heteroatoms. The Morgan fingerprint density at radius 1 is 1.00 bits per heavy atom. The Morgan fingerprint density at radius 2 is 1.46 bits per heavy atom. The van der Waals surface area contributed by atoms with E-state index in [4.69, 9.17) is 19.7 Å². The number of carbonyl (C=O) groups excluding carboxylic acids is 1. The van der Waals surface area contributed by atoms with Crippen molar-refractivity contribution < 1.29 is 34.1 Å². The second-order valence-corrected chi connectivity index (χ2v) is 5.97. The lowest BCUT2D eigenvalue weighted by atomic mass is 9.76. The molecule has 0 aliphatic heterocycles. The molecule has 1 amide bonds. The molecule has 0 heterocycles. The second-order valence-electron chi connectivity index (χ2n) is 5.97. The molecule has 0 fully saturated rings. The SMILES string of the molecule is CCC(CC)(Cc1cc(OC)cc(OC)c1)C(=O)NC(C(=O)O)C(=O)O. The quantitative estimate of drug-likeness (QED) is 0.538. The predicted molar refractivity (Wildman–Crippen MR) is 93.5 cm³/mol. The van der Waals surface area contributed by atoms with E-state index < -0.39 is 29.3 Å². The van der Waals surface area contributed by atoms with Crippen molar-refractivity contribution in [1.82, 2.24) is 5.32 Å². The molecule has 1 aromatic carbocycles. The standard InChI is InChI=1S/C18H25NO7/c1-5-18(6-2,17(24)19-14(15(20)21)16(22)23)10-11-7-12(25-3)9-13(8-11)26-4/h7-9,14H,5-6,10H2,1-4H3,(H,19,24)(H,20,21)(H,22,23). The first-order valence-electron chi connectivity index (χ1n) is 8.21. The minimum atomic E-state index is -1.99. The first-order chi connectivity index (χ1) is 12.2. The molecule has 8 nitrogen and oxygen atoms in total. The van der Waals surface area contributed by atoms with Gasteiger partial charge in [-0.25, -0.2) is 9.59 Å². The molecule has 0 aromatic heterocycles. The number of carbonyl (C=O) groups is 3. The van der Waals surface area contributed by atoms with E-state index in [1.165, 1.54) is 14.2 Å². The topological polar surface area (TPSA) is 122 Å². The third-order valence-electron chi connectivity index (χ3n) is 4.56. The van der Waals surface area contributed by atoms with Crippen LogP contribution < -0.4 is 14.8 Å². The lowest BCUT2D eigenvalue weighted by molar-refractivity contribution is -0.154. The number of hydrogen-bond donors (Lipinski definition) is 3. The number of ether oxygens (including phenoxy) is 2. The Morgan fingerprint density at radius 3 is 1.81 bits per heavy atom. The molecule has 0 saturated heterocycles. The van der Waals surface area contributed by atoms with Crippen LogP contribution in [0.5, 0.6) is 11.5 Å². The zero-order chi connectivity index (χ0) is 19.9. The zero-order valence-corrected chi connectivity index (χ0v) is 15.4. The summed E-state index contributed by atoms with van der Waals surface area (Å²) in [5, 5.41) is 20.1. The maximum absolute atomic E-state index is 12.8. The molecule has 0 spiro atoms. The van der Waals surface area contributed by atoms with Crippen LogP contribution in [0.1, 0.15) is 32.3 Å². The molecule has 0 bridgehead atoms. The van der Waals surface area contributed by atoms with E-state index in [-0.39, 0.29) is 6.42 Å². The molecular formula is C18H25NO7. The largest absolute Gasteiger partial charge is 0.497 e. The maximum Gasteiger partial charge on any atom is 0.338 e. The van der Waals surface area contributed by atoms with Crippen molar-refractivity contribution in [3.63, 3.8) is 0 Å². The van der Waals surface area contributed by atoms with Crippen molar-refractivity contribution >= 4 is 17.8 Å². The van der Waals surface area contributed by atoms with E-state index in [2.05, 4.69) is 5.32 Å². The van der Waals surface area contributed by atoms with Gasteiger partial charge in [-0.05, 0) is 37.0 Å². The number of benzene rings is 1. The predicted octanol–water partition coefficient (Wildman–Crippen LogP) is 1.71. The Labute approximate surface area is 152 Å². The number of rotatable bonds is 10. The van der Waals surface area contributed by atoms with Crippen LogP contribution in [0.25, 0.3) is 0 Å². The Kier molecular flexibility index (Phi) is 7.42. The minimum Gasteiger partial charge on any atom is -0.497 e. The van der Waals surface area contributed by atoms with E-state index >= 15 is 0 Å². The summed E-state index contributed by atoms with van der Waals surface area (Å²) in [6.45, 7) is 3.61. The molecule has 0 saturated carbocycles. The van der Waals surface area contributed by atoms with Crippen molar-refractivity contribution in [2.75, 3.05) is 14.2 Å². The van der Waals surface area contributed by atoms with Gasteiger partial charge < -0.3 is 25.0 Å². The zero-order valence-electron chi connectivity index (χ0n) is 15.4. The van der Waals surface area contributed by atoms with E-state index in [1.54, 1.807) is 32.0 Å². The van der Waals surface area contributed by atoms with Crippen LogP contribution in [0.15, 0.2) is 18.2 Å². The number of carboxylic acids is 2. The lowest BCUT2D eigenvalue weighted by Crippen LogP contribution is -2.52. The second kappa shape index (κ2) is 9.07. The summed E-state index contributed by atoms with van der Waals surface area (Å²) >= 11 is 0. The molecular weight excluding hydrogens is 342 g/mol. The molecule has 3 N–H and O–H groups in total. The molecule has 144 valence electrons. The summed E-state index contributed by atoms with van der Waals surface area (Å²) in [5.74, 6) is -2.71. The van der Waals surface area contributed by atoms with Crippen LogP contribution in [0.2, 0.25) is 0 Å². The molecule has 1 rings (SSSR count). The summed E-state index contributed by atoms with van der Waals surface area (Å²) in [4.78, 5) is 34.9. The van der Waals surface area contributed by atoms with E-state index in [1.807, 2.05) is 0 Å². The highest BCUT2D eigenvalue weighted by Gasteiger charge is 2.39. The summed E-state index contributed by atoms with van der Waals surface area (Å²) in [6, 6.07) is 3.25. The maximum atomic E-state index is 12.8. The lowest BCUT2D eigenvalue weighted by Gasteiger charge is -2.31. The van der Waals surface area contributed by atoms with Gasteiger partial charge >= 0.3 is 11.9 Å². The van der Waals surface area contributed by atoms with E-state index in [0.717, 1.165) is 5.56 Å². The number of nitrogens with one attached hydrogen (secondary N) is 1. The highest BCUT2D eigenvalue weighted by molar-refractivity contribution is 6.01. The summed E-state index contributed by atoms with van der Waals surface area (Å²) in [6.07, 6.45) is 1.09. The number of amides is 1. The molecule has 1 aromatic rings. The van der Waals surface area contributed by atoms with E-state index in [9.17, 15) is 14.4 Å². The van der Waals surface area contributed by atoms with E-state index in [0.29, 0.717) is 24.3 Å². The van der Waals surface area contributed by atoms with Crippen LogP contribution >= 0.6 is 0 Å². The third kappa shape index (κ3) is 4.87. The highest BCUT2D eigenvalue weighted by Crippen LogP contribution is 2.34. The van der Waals surface area contributed by atoms with Crippen molar-refractivity contribution in [3.05, 3.63) is 23.8 Å². The van der Waals surface area contributed by atoms with Crippen molar-refractivity contribution in [3.8, 4) is 11.5 Å². The van der Waals surface area contributed by atoms with Crippen molar-refractivity contribution in [2.24, 2.45) is 5.41 Å². The van der Waals surface area contributed by atoms with Crippen LogP contribution in [0.4, 0.5) is 0 Å². The normalized spacial score (nSPS) is 11.1. The van der Waals surface area contributed by atoms with Crippen molar-refractivity contribution in [2.45, 2.75) is 39.2 Å². The van der Waals surface area contributed by atoms with Gasteiger partial charge in [0.25, 0.3) is 0 Å². The number of methoxy groups -OCH3 is 2. The smallest absolute Gasteiger partial charge is 0.338 e. The van der Waals surface area contributed by atoms with Gasteiger partial charge in [-0.15, -0.1) is 0 Å². The molecule has 0 aliphatic rings. The van der Waals surface area contributed by atoms with Gasteiger partial charge in [0.1, 0.15) is 11.5 Å². The van der Waals surface area contributed by atoms with Gasteiger partial charge in [-0.3, -0.25) is 4.79 Å². The van der Waals surface area contributed by atoms with Crippen LogP contribution in [-0.4, -0.2) is 48.3 Å². The van der Waals surface area contributed by atoms with Crippen LogP contribution in [-0.2, 0) is 20.8 Å². The van der Waals surface area contributed by atoms with Gasteiger partial charge in [0.2, 0.25) is 11.9 Å². The molecule has 0 radical (unpaired) electrons. The molecule has 0 aliphatic carbocycles. The first-order valence-corrected chi connectivity index (χ1v) is 8.21. The monoisotopic (exact) mass is 367 g/mol. The Balaban J connectivity index is 3.18. The molecule has 0 unspecified atom stereocenters. The molecule has 26 heavy (non-hydrogen) atoms. The highest BCUT2D eigenvalue weighted by atomic mass is 16.5. The van der Waals surface area contributed by atoms with Crippen LogP contribution in [0.3, 0.4) is 0 Å². The first kappa shape index (κ1) is 21.3. The molecule has 0 atom stereocenters. The minimum absolute atomic E-state index is 0.283.